The normalized spacial score (nSPS) is 12.3. The fourth-order valence-electron chi connectivity index (χ4n) is 3.27. The van der Waals surface area contributed by atoms with Gasteiger partial charge in [0.1, 0.15) is 0 Å². The lowest BCUT2D eigenvalue weighted by Crippen LogP contribution is -2.24. The Morgan fingerprint density at radius 2 is 1.41 bits per heavy atom. The molecule has 0 saturated heterocycles. The maximum absolute atomic E-state index is 13.0. The van der Waals surface area contributed by atoms with Crippen molar-refractivity contribution in [3.05, 3.63) is 94.5 Å². The lowest BCUT2D eigenvalue weighted by atomic mass is 9.83. The largest absolute Gasteiger partial charge is 0.321 e. The predicted octanol–water partition coefficient (Wildman–Crippen LogP) is 4.44. The molecule has 0 aliphatic heterocycles. The minimum absolute atomic E-state index is 0.208. The van der Waals surface area contributed by atoms with Gasteiger partial charge in [-0.2, -0.15) is 0 Å². The number of carbonyl (C=O) groups is 3. The van der Waals surface area contributed by atoms with Gasteiger partial charge in [-0.1, -0.05) is 48.5 Å². The van der Waals surface area contributed by atoms with E-state index in [1.165, 1.54) is 11.8 Å². The second kappa shape index (κ2) is 6.85. The molecule has 0 saturated carbocycles. The average molecular weight is 373 g/mol. The molecule has 0 bridgehead atoms. The number of rotatable bonds is 3. The summed E-state index contributed by atoms with van der Waals surface area (Å²) in [6.45, 7) is 0. The Morgan fingerprint density at radius 3 is 2.15 bits per heavy atom. The molecule has 0 heterocycles. The lowest BCUT2D eigenvalue weighted by Gasteiger charge is -2.20. The topological polar surface area (TPSA) is 63.2 Å². The smallest absolute Gasteiger partial charge is 0.256 e. The highest BCUT2D eigenvalue weighted by Gasteiger charge is 2.31. The highest BCUT2D eigenvalue weighted by Crippen LogP contribution is 2.32. The van der Waals surface area contributed by atoms with E-state index in [-0.39, 0.29) is 23.0 Å². The fourth-order valence-corrected chi connectivity index (χ4v) is 3.87. The Bertz CT molecular complexity index is 1100. The summed E-state index contributed by atoms with van der Waals surface area (Å²) >= 11 is 1.47. The molecule has 0 spiro atoms. The summed E-state index contributed by atoms with van der Waals surface area (Å²) in [6, 6.07) is 19.0. The van der Waals surface area contributed by atoms with E-state index in [0.29, 0.717) is 27.9 Å². The predicted molar refractivity (Wildman–Crippen MR) is 106 cm³/mol. The molecule has 1 aliphatic rings. The monoisotopic (exact) mass is 373 g/mol. The van der Waals surface area contributed by atoms with Crippen LogP contribution in [0, 0.1) is 0 Å². The number of ketones is 2. The number of thioether (sulfide) groups is 1. The minimum Gasteiger partial charge on any atom is -0.321 e. The van der Waals surface area contributed by atoms with E-state index < -0.39 is 0 Å². The average Bonchev–Trinajstić information content (AvgIpc) is 2.71. The van der Waals surface area contributed by atoms with E-state index in [2.05, 4.69) is 5.32 Å². The first-order chi connectivity index (χ1) is 13.1. The molecule has 0 atom stereocenters. The maximum Gasteiger partial charge on any atom is 0.256 e. The number of nitrogens with one attached hydrogen (secondary N) is 1. The molecule has 4 nitrogen and oxygen atoms in total. The molecule has 132 valence electrons. The van der Waals surface area contributed by atoms with E-state index in [1.54, 1.807) is 54.6 Å². The quantitative estimate of drug-likeness (QED) is 0.540. The summed E-state index contributed by atoms with van der Waals surface area (Å²) in [4.78, 5) is 39.4. The van der Waals surface area contributed by atoms with Crippen molar-refractivity contribution in [1.82, 2.24) is 0 Å². The second-order valence-corrected chi connectivity index (χ2v) is 6.93. The van der Waals surface area contributed by atoms with Gasteiger partial charge < -0.3 is 5.32 Å². The number of benzene rings is 3. The van der Waals surface area contributed by atoms with Crippen molar-refractivity contribution >= 4 is 34.9 Å². The van der Waals surface area contributed by atoms with Crippen LogP contribution in [0.15, 0.2) is 71.6 Å². The number of hydrogen-bond acceptors (Lipinski definition) is 4. The highest BCUT2D eigenvalue weighted by atomic mass is 32.2. The molecule has 1 aliphatic carbocycles. The van der Waals surface area contributed by atoms with Gasteiger partial charge in [0.25, 0.3) is 5.91 Å². The molecule has 3 aromatic rings. The second-order valence-electron chi connectivity index (χ2n) is 6.09. The van der Waals surface area contributed by atoms with Crippen molar-refractivity contribution in [2.45, 2.75) is 4.90 Å². The summed E-state index contributed by atoms with van der Waals surface area (Å²) < 4.78 is 0. The summed E-state index contributed by atoms with van der Waals surface area (Å²) in [6.07, 6.45) is 1.90. The van der Waals surface area contributed by atoms with E-state index >= 15 is 0 Å². The zero-order valence-corrected chi connectivity index (χ0v) is 15.3. The van der Waals surface area contributed by atoms with Crippen molar-refractivity contribution in [3.8, 4) is 0 Å². The van der Waals surface area contributed by atoms with Gasteiger partial charge in [0, 0.05) is 21.6 Å². The number of amides is 1. The zero-order valence-electron chi connectivity index (χ0n) is 14.5. The van der Waals surface area contributed by atoms with Crippen LogP contribution in [-0.4, -0.2) is 23.7 Å². The standard InChI is InChI=1S/C22H15NO3S/c1-27-18-12-5-4-9-15(18)22(26)23-17-11-6-10-16-19(17)21(25)14-8-3-2-7-13(14)20(16)24/h2-12H,1H3,(H,23,26). The molecule has 3 aromatic carbocycles. The molecule has 5 heteroatoms. The van der Waals surface area contributed by atoms with Gasteiger partial charge in [-0.15, -0.1) is 11.8 Å². The summed E-state index contributed by atoms with van der Waals surface area (Å²) in [5, 5.41) is 2.82. The summed E-state index contributed by atoms with van der Waals surface area (Å²) in [5.41, 5.74) is 2.19. The van der Waals surface area contributed by atoms with Crippen LogP contribution in [0.4, 0.5) is 5.69 Å². The summed E-state index contributed by atoms with van der Waals surface area (Å²) in [7, 11) is 0. The third-order valence-corrected chi connectivity index (χ3v) is 5.35. The van der Waals surface area contributed by atoms with Gasteiger partial charge in [-0.25, -0.2) is 0 Å². The fraction of sp³-hybridized carbons (Fsp3) is 0.0455. The molecule has 1 amide bonds. The van der Waals surface area contributed by atoms with Gasteiger partial charge >= 0.3 is 0 Å². The Balaban J connectivity index is 1.78. The molecular weight excluding hydrogens is 358 g/mol. The van der Waals surface area contributed by atoms with E-state index in [4.69, 9.17) is 0 Å². The van der Waals surface area contributed by atoms with E-state index in [1.807, 2.05) is 18.4 Å². The van der Waals surface area contributed by atoms with Crippen LogP contribution >= 0.6 is 11.8 Å². The molecule has 4 rings (SSSR count). The molecule has 0 aromatic heterocycles. The Hall–Kier alpha value is -3.18. The minimum atomic E-state index is -0.313. The van der Waals surface area contributed by atoms with Crippen molar-refractivity contribution in [2.24, 2.45) is 0 Å². The third-order valence-electron chi connectivity index (χ3n) is 4.55. The molecule has 0 fully saturated rings. The molecular formula is C22H15NO3S. The Kier molecular flexibility index (Phi) is 4.38. The lowest BCUT2D eigenvalue weighted by molar-refractivity contribution is 0.0978. The molecule has 0 radical (unpaired) electrons. The van der Waals surface area contributed by atoms with Gasteiger partial charge in [-0.3, -0.25) is 14.4 Å². The van der Waals surface area contributed by atoms with Crippen molar-refractivity contribution in [2.75, 3.05) is 11.6 Å². The van der Waals surface area contributed by atoms with Crippen LogP contribution in [0.5, 0.6) is 0 Å². The number of carbonyl (C=O) groups excluding carboxylic acids is 3. The van der Waals surface area contributed by atoms with Crippen LogP contribution in [0.1, 0.15) is 42.2 Å². The van der Waals surface area contributed by atoms with E-state index in [0.717, 1.165) is 4.90 Å². The highest BCUT2D eigenvalue weighted by molar-refractivity contribution is 7.98. The van der Waals surface area contributed by atoms with Crippen molar-refractivity contribution in [3.63, 3.8) is 0 Å². The van der Waals surface area contributed by atoms with Crippen LogP contribution in [0.2, 0.25) is 0 Å². The first-order valence-corrected chi connectivity index (χ1v) is 9.60. The zero-order chi connectivity index (χ0) is 19.0. The Morgan fingerprint density at radius 1 is 0.778 bits per heavy atom. The maximum atomic E-state index is 13.0. The SMILES string of the molecule is CSc1ccccc1C(=O)Nc1cccc2c1C(=O)c1ccccc1C2=O. The van der Waals surface area contributed by atoms with Gasteiger partial charge in [-0.05, 0) is 24.5 Å². The molecule has 0 unspecified atom stereocenters. The van der Waals surface area contributed by atoms with Crippen molar-refractivity contribution < 1.29 is 14.4 Å². The van der Waals surface area contributed by atoms with E-state index in [9.17, 15) is 14.4 Å². The first-order valence-electron chi connectivity index (χ1n) is 8.37. The van der Waals surface area contributed by atoms with Gasteiger partial charge in [0.2, 0.25) is 0 Å². The van der Waals surface area contributed by atoms with Crippen LogP contribution < -0.4 is 5.32 Å². The summed E-state index contributed by atoms with van der Waals surface area (Å²) in [5.74, 6) is -0.775. The van der Waals surface area contributed by atoms with Crippen LogP contribution in [-0.2, 0) is 0 Å². The molecule has 1 N–H and O–H groups in total. The van der Waals surface area contributed by atoms with Crippen molar-refractivity contribution in [1.29, 1.82) is 0 Å². The van der Waals surface area contributed by atoms with Crippen LogP contribution in [0.3, 0.4) is 0 Å². The van der Waals surface area contributed by atoms with Gasteiger partial charge in [0.15, 0.2) is 11.6 Å². The number of fused-ring (bicyclic) bond motifs is 2. The van der Waals surface area contributed by atoms with Gasteiger partial charge in [0.05, 0.1) is 16.8 Å². The number of hydrogen-bond donors (Lipinski definition) is 1. The Labute approximate surface area is 160 Å². The molecule has 27 heavy (non-hydrogen) atoms. The first kappa shape index (κ1) is 17.2. The number of anilines is 1. The third kappa shape index (κ3) is 2.86. The van der Waals surface area contributed by atoms with Crippen LogP contribution in [0.25, 0.3) is 0 Å².